The second-order valence-electron chi connectivity index (χ2n) is 3.64. The number of fused-ring (bicyclic) bond motifs is 3. The van der Waals surface area contributed by atoms with Gasteiger partial charge in [-0.2, -0.15) is 0 Å². The van der Waals surface area contributed by atoms with Gasteiger partial charge in [0.2, 0.25) is 0 Å². The number of anilines is 1. The average Bonchev–Trinajstić information content (AvgIpc) is 2.28. The van der Waals surface area contributed by atoms with E-state index in [0.717, 1.165) is 18.7 Å². The minimum absolute atomic E-state index is 0.154. The quantitative estimate of drug-likeness (QED) is 0.682. The molecule has 3 nitrogen and oxygen atoms in total. The van der Waals surface area contributed by atoms with Gasteiger partial charge < -0.3 is 0 Å². The molecule has 2 aliphatic heterocycles. The predicted octanol–water partition coefficient (Wildman–Crippen LogP) is 0.513. The summed E-state index contributed by atoms with van der Waals surface area (Å²) >= 11 is 0.288. The number of nitrogens with zero attached hydrogens (tertiary/aromatic N) is 1. The number of hydrogen-bond acceptors (Lipinski definition) is 2. The van der Waals surface area contributed by atoms with Crippen molar-refractivity contribution in [1.29, 1.82) is 0 Å². The Morgan fingerprint density at radius 1 is 1.40 bits per heavy atom. The van der Waals surface area contributed by atoms with Crippen molar-refractivity contribution in [1.82, 2.24) is 0 Å². The van der Waals surface area contributed by atoms with Crippen molar-refractivity contribution in [2.75, 3.05) is 5.32 Å². The van der Waals surface area contributed by atoms with Crippen LogP contribution in [0.2, 0.25) is 5.32 Å². The van der Waals surface area contributed by atoms with Gasteiger partial charge in [-0.3, -0.25) is 0 Å². The van der Waals surface area contributed by atoms with Gasteiger partial charge in [-0.05, 0) is 0 Å². The van der Waals surface area contributed by atoms with Crippen LogP contribution in [-0.4, -0.2) is 27.1 Å². The van der Waals surface area contributed by atoms with Crippen molar-refractivity contribution in [3.63, 3.8) is 0 Å². The number of hydrogen-bond donors (Lipinski definition) is 1. The molecule has 1 amide bonds. The van der Waals surface area contributed by atoms with Crippen molar-refractivity contribution in [3.8, 4) is 0 Å². The Morgan fingerprint density at radius 3 is 3.27 bits per heavy atom. The Hall–Kier alpha value is -1.12. The van der Waals surface area contributed by atoms with Crippen LogP contribution in [0.15, 0.2) is 17.1 Å². The normalized spacial score (nSPS) is 18.0. The van der Waals surface area contributed by atoms with E-state index in [4.69, 9.17) is 0 Å². The molecule has 15 heavy (non-hydrogen) atoms. The van der Waals surface area contributed by atoms with E-state index in [-0.39, 0.29) is 20.9 Å². The summed E-state index contributed by atoms with van der Waals surface area (Å²) in [5.41, 5.74) is 3.75. The van der Waals surface area contributed by atoms with E-state index in [0.29, 0.717) is 5.32 Å². The van der Waals surface area contributed by atoms with Crippen LogP contribution in [0.4, 0.5) is 5.69 Å². The van der Waals surface area contributed by atoms with Crippen molar-refractivity contribution in [2.24, 2.45) is 4.99 Å². The molecule has 0 aromatic heterocycles. The molecule has 0 unspecified atom stereocenters. The van der Waals surface area contributed by atoms with Gasteiger partial charge in [-0.25, -0.2) is 0 Å². The van der Waals surface area contributed by atoms with Crippen LogP contribution in [0.5, 0.6) is 0 Å². The minimum atomic E-state index is 0.154. The molecule has 76 valence electrons. The van der Waals surface area contributed by atoms with E-state index < -0.39 is 0 Å². The Labute approximate surface area is 94.1 Å². The molecule has 0 saturated carbocycles. The van der Waals surface area contributed by atoms with Gasteiger partial charge in [0, 0.05) is 0 Å². The molecule has 0 saturated heterocycles. The molecule has 0 bridgehead atoms. The van der Waals surface area contributed by atoms with E-state index in [1.165, 1.54) is 15.6 Å². The van der Waals surface area contributed by atoms with E-state index in [9.17, 15) is 4.79 Å². The molecule has 0 atom stereocenters. The van der Waals surface area contributed by atoms with Gasteiger partial charge in [-0.1, -0.05) is 0 Å². The fraction of sp³-hybridized carbons (Fsp3) is 0.273. The van der Waals surface area contributed by atoms with Crippen LogP contribution in [-0.2, 0) is 17.8 Å². The van der Waals surface area contributed by atoms with E-state index in [1.54, 1.807) is 0 Å². The Bertz CT molecular complexity index is 468. The fourth-order valence-corrected chi connectivity index (χ4v) is 4.02. The summed E-state index contributed by atoms with van der Waals surface area (Å²) in [5, 5.41) is 3.60. The van der Waals surface area contributed by atoms with Crippen molar-refractivity contribution in [3.05, 3.63) is 23.3 Å². The molecular weight excluding hydrogens is 255 g/mol. The third-order valence-corrected chi connectivity index (χ3v) is 5.11. The number of benzene rings is 1. The Balaban J connectivity index is 2.12. The first kappa shape index (κ1) is 9.13. The van der Waals surface area contributed by atoms with Crippen molar-refractivity contribution in [2.45, 2.75) is 18.3 Å². The zero-order valence-corrected chi connectivity index (χ0v) is 9.83. The zero-order valence-electron chi connectivity index (χ0n) is 8.12. The molecule has 3 rings (SSSR count). The molecule has 2 aliphatic rings. The fourth-order valence-electron chi connectivity index (χ4n) is 1.94. The van der Waals surface area contributed by atoms with Crippen LogP contribution in [0.1, 0.15) is 11.1 Å². The Kier molecular flexibility index (Phi) is 2.11. The molecule has 0 spiro atoms. The summed E-state index contributed by atoms with van der Waals surface area (Å²) in [6, 6.07) is 4.15. The van der Waals surface area contributed by atoms with Crippen molar-refractivity contribution >= 4 is 37.2 Å². The predicted molar refractivity (Wildman–Crippen MR) is 61.2 cm³/mol. The van der Waals surface area contributed by atoms with E-state index in [2.05, 4.69) is 16.4 Å². The third kappa shape index (κ3) is 1.50. The van der Waals surface area contributed by atoms with Crippen LogP contribution in [0.3, 0.4) is 0 Å². The maximum atomic E-state index is 11.3. The molecule has 1 aromatic rings. The first-order valence-electron chi connectivity index (χ1n) is 4.90. The SMILES string of the molecule is O=C1C[Se]c2c(ccc3c2CN=CC3)N1. The second kappa shape index (κ2) is 3.47. The standard InChI is InChI=1S/C11H10N2OSe/c14-10-6-15-11-8-5-12-4-3-7(8)1-2-9(11)13-10/h1-2,4H,3,5-6H2,(H,13,14). The number of nitrogens with one attached hydrogen (secondary N) is 1. The molecule has 0 fully saturated rings. The molecule has 4 heteroatoms. The van der Waals surface area contributed by atoms with Gasteiger partial charge in [-0.15, -0.1) is 0 Å². The second-order valence-corrected chi connectivity index (χ2v) is 5.71. The summed E-state index contributed by atoms with van der Waals surface area (Å²) in [7, 11) is 0. The van der Waals surface area contributed by atoms with Gasteiger partial charge >= 0.3 is 93.9 Å². The average molecular weight is 265 g/mol. The molecule has 1 aromatic carbocycles. The Morgan fingerprint density at radius 2 is 2.33 bits per heavy atom. The van der Waals surface area contributed by atoms with Gasteiger partial charge in [0.25, 0.3) is 0 Å². The molecule has 2 heterocycles. The summed E-state index contributed by atoms with van der Waals surface area (Å²) in [5.74, 6) is 0.154. The summed E-state index contributed by atoms with van der Waals surface area (Å²) in [4.78, 5) is 15.6. The van der Waals surface area contributed by atoms with E-state index in [1.807, 2.05) is 12.3 Å². The van der Waals surface area contributed by atoms with Gasteiger partial charge in [0.15, 0.2) is 0 Å². The number of rotatable bonds is 0. The van der Waals surface area contributed by atoms with E-state index >= 15 is 0 Å². The molecule has 0 aliphatic carbocycles. The maximum absolute atomic E-state index is 11.3. The number of amides is 1. The number of aliphatic imine (C=N–C) groups is 1. The third-order valence-electron chi connectivity index (χ3n) is 2.67. The van der Waals surface area contributed by atoms with Crippen LogP contribution < -0.4 is 9.78 Å². The summed E-state index contributed by atoms with van der Waals surface area (Å²) in [6.07, 6.45) is 2.91. The van der Waals surface area contributed by atoms with Gasteiger partial charge in [0.05, 0.1) is 0 Å². The summed E-state index contributed by atoms with van der Waals surface area (Å²) in [6.45, 7) is 0.788. The van der Waals surface area contributed by atoms with Gasteiger partial charge in [0.1, 0.15) is 0 Å². The molecule has 1 N–H and O–H groups in total. The van der Waals surface area contributed by atoms with Crippen LogP contribution in [0.25, 0.3) is 0 Å². The molecule has 0 radical (unpaired) electrons. The monoisotopic (exact) mass is 266 g/mol. The van der Waals surface area contributed by atoms with Crippen LogP contribution in [0, 0.1) is 0 Å². The first-order valence-corrected chi connectivity index (χ1v) is 6.97. The molecular formula is C11H10N2OSe. The number of carbonyl (C=O) groups excluding carboxylic acids is 1. The first-order chi connectivity index (χ1) is 7.34. The van der Waals surface area contributed by atoms with Crippen molar-refractivity contribution < 1.29 is 4.79 Å². The summed E-state index contributed by atoms with van der Waals surface area (Å²) < 4.78 is 1.36. The number of carbonyl (C=O) groups is 1. The van der Waals surface area contributed by atoms with Crippen LogP contribution >= 0.6 is 0 Å². The topological polar surface area (TPSA) is 41.5 Å². The zero-order chi connectivity index (χ0) is 10.3.